The first-order chi connectivity index (χ1) is 8.15. The molecule has 0 radical (unpaired) electrons. The summed E-state index contributed by atoms with van der Waals surface area (Å²) in [5, 5.41) is 10.3. The van der Waals surface area contributed by atoms with Crippen molar-refractivity contribution in [1.82, 2.24) is 0 Å². The van der Waals surface area contributed by atoms with E-state index in [2.05, 4.69) is 19.1 Å². The number of benzene rings is 1. The molecule has 0 spiro atoms. The minimum Gasteiger partial charge on any atom is -0.389 e. The molecule has 2 rings (SSSR count). The van der Waals surface area contributed by atoms with Crippen molar-refractivity contribution in [3.63, 3.8) is 0 Å². The second kappa shape index (κ2) is 5.92. The van der Waals surface area contributed by atoms with Crippen LogP contribution in [0.5, 0.6) is 0 Å². The molecule has 1 aromatic rings. The Morgan fingerprint density at radius 2 is 1.94 bits per heavy atom. The number of rotatable bonds is 3. The largest absolute Gasteiger partial charge is 0.389 e. The number of hydrogen-bond acceptors (Lipinski definition) is 2. The van der Waals surface area contributed by atoms with Gasteiger partial charge < -0.3 is 5.11 Å². The highest BCUT2D eigenvalue weighted by Gasteiger charge is 2.19. The standard InChI is InChI=1S/C15H22OS/c1-11-4-3-5-15(10-11)17-14-8-6-13(7-9-14)12(2)16/h6-9,11-12,15-16H,3-5,10H2,1-2H3/t11?,12-,15?/m0/s1. The van der Waals surface area contributed by atoms with Crippen LogP contribution in [0.1, 0.15) is 51.2 Å². The lowest BCUT2D eigenvalue weighted by atomic mass is 9.91. The monoisotopic (exact) mass is 250 g/mol. The van der Waals surface area contributed by atoms with Gasteiger partial charge in [-0.05, 0) is 43.4 Å². The quantitative estimate of drug-likeness (QED) is 0.857. The summed E-state index contributed by atoms with van der Waals surface area (Å²) < 4.78 is 0. The molecule has 1 nitrogen and oxygen atoms in total. The Bertz CT molecular complexity index is 344. The zero-order valence-electron chi connectivity index (χ0n) is 10.7. The van der Waals surface area contributed by atoms with Crippen molar-refractivity contribution in [2.75, 3.05) is 0 Å². The molecule has 1 aromatic carbocycles. The van der Waals surface area contributed by atoms with Gasteiger partial charge in [0.1, 0.15) is 0 Å². The molecule has 94 valence electrons. The zero-order valence-corrected chi connectivity index (χ0v) is 11.5. The number of aliphatic hydroxyl groups excluding tert-OH is 1. The first-order valence-corrected chi connectivity index (χ1v) is 7.48. The second-order valence-corrected chi connectivity index (χ2v) is 6.63. The lowest BCUT2D eigenvalue weighted by Gasteiger charge is -2.26. The minimum absolute atomic E-state index is 0.358. The van der Waals surface area contributed by atoms with Crippen molar-refractivity contribution in [2.45, 2.75) is 55.8 Å². The number of aliphatic hydroxyl groups is 1. The Balaban J connectivity index is 1.94. The van der Waals surface area contributed by atoms with Crippen LogP contribution in [0, 0.1) is 5.92 Å². The van der Waals surface area contributed by atoms with E-state index in [0.29, 0.717) is 0 Å². The van der Waals surface area contributed by atoms with Gasteiger partial charge in [-0.3, -0.25) is 0 Å². The summed E-state index contributed by atoms with van der Waals surface area (Å²) in [5.74, 6) is 0.887. The van der Waals surface area contributed by atoms with Crippen molar-refractivity contribution in [3.8, 4) is 0 Å². The van der Waals surface area contributed by atoms with Crippen molar-refractivity contribution in [3.05, 3.63) is 29.8 Å². The molecule has 1 aliphatic rings. The van der Waals surface area contributed by atoms with Crippen LogP contribution in [0.3, 0.4) is 0 Å². The molecule has 0 amide bonds. The first kappa shape index (κ1) is 13.0. The van der Waals surface area contributed by atoms with E-state index < -0.39 is 0 Å². The third-order valence-corrected chi connectivity index (χ3v) is 4.86. The minimum atomic E-state index is -0.358. The Morgan fingerprint density at radius 3 is 2.53 bits per heavy atom. The van der Waals surface area contributed by atoms with E-state index in [1.807, 2.05) is 30.8 Å². The molecular weight excluding hydrogens is 228 g/mol. The zero-order chi connectivity index (χ0) is 12.3. The van der Waals surface area contributed by atoms with Crippen molar-refractivity contribution in [1.29, 1.82) is 0 Å². The Morgan fingerprint density at radius 1 is 1.24 bits per heavy atom. The lowest BCUT2D eigenvalue weighted by Crippen LogP contribution is -2.14. The van der Waals surface area contributed by atoms with Crippen molar-refractivity contribution >= 4 is 11.8 Å². The molecule has 1 fully saturated rings. The Labute approximate surface area is 109 Å². The van der Waals surface area contributed by atoms with E-state index in [1.54, 1.807) is 0 Å². The van der Waals surface area contributed by atoms with Crippen LogP contribution in [0.25, 0.3) is 0 Å². The average molecular weight is 250 g/mol. The lowest BCUT2D eigenvalue weighted by molar-refractivity contribution is 0.199. The van der Waals surface area contributed by atoms with E-state index in [-0.39, 0.29) is 6.10 Å². The summed E-state index contributed by atoms with van der Waals surface area (Å²) in [6.45, 7) is 4.17. The maximum absolute atomic E-state index is 9.46. The third kappa shape index (κ3) is 3.75. The fourth-order valence-corrected chi connectivity index (χ4v) is 3.89. The molecule has 0 bridgehead atoms. The molecule has 17 heavy (non-hydrogen) atoms. The average Bonchev–Trinajstić information content (AvgIpc) is 2.29. The smallest absolute Gasteiger partial charge is 0.0761 e. The number of hydrogen-bond donors (Lipinski definition) is 1. The molecule has 0 aliphatic heterocycles. The molecule has 2 heteroatoms. The van der Waals surface area contributed by atoms with E-state index in [4.69, 9.17) is 0 Å². The first-order valence-electron chi connectivity index (χ1n) is 6.60. The summed E-state index contributed by atoms with van der Waals surface area (Å²) in [4.78, 5) is 1.34. The molecule has 3 atom stereocenters. The van der Waals surface area contributed by atoms with E-state index in [0.717, 1.165) is 16.7 Å². The van der Waals surface area contributed by atoms with Crippen LogP contribution in [-0.2, 0) is 0 Å². The van der Waals surface area contributed by atoms with Crippen LogP contribution in [0.15, 0.2) is 29.2 Å². The predicted octanol–water partition coefficient (Wildman–Crippen LogP) is 4.41. The topological polar surface area (TPSA) is 20.2 Å². The number of thioether (sulfide) groups is 1. The highest BCUT2D eigenvalue weighted by Crippen LogP contribution is 2.36. The molecule has 2 unspecified atom stereocenters. The predicted molar refractivity (Wildman–Crippen MR) is 74.4 cm³/mol. The highest BCUT2D eigenvalue weighted by atomic mass is 32.2. The van der Waals surface area contributed by atoms with Gasteiger partial charge in [-0.25, -0.2) is 0 Å². The molecule has 0 aromatic heterocycles. The summed E-state index contributed by atoms with van der Waals surface area (Å²) >= 11 is 2.01. The Kier molecular flexibility index (Phi) is 4.52. The summed E-state index contributed by atoms with van der Waals surface area (Å²) in [5.41, 5.74) is 1.01. The van der Waals surface area contributed by atoms with E-state index >= 15 is 0 Å². The Hall–Kier alpha value is -0.470. The van der Waals surface area contributed by atoms with Crippen molar-refractivity contribution in [2.24, 2.45) is 5.92 Å². The van der Waals surface area contributed by atoms with Gasteiger partial charge in [0.15, 0.2) is 0 Å². The van der Waals surface area contributed by atoms with Crippen LogP contribution >= 0.6 is 11.8 Å². The van der Waals surface area contributed by atoms with Gasteiger partial charge in [0.2, 0.25) is 0 Å². The van der Waals surface area contributed by atoms with Crippen LogP contribution < -0.4 is 0 Å². The maximum Gasteiger partial charge on any atom is 0.0761 e. The van der Waals surface area contributed by atoms with Gasteiger partial charge in [0.25, 0.3) is 0 Å². The SMILES string of the molecule is CC1CCCC(Sc2ccc([C@H](C)O)cc2)C1. The fourth-order valence-electron chi connectivity index (χ4n) is 2.50. The van der Waals surface area contributed by atoms with Crippen LogP contribution in [0.4, 0.5) is 0 Å². The molecule has 1 N–H and O–H groups in total. The van der Waals surface area contributed by atoms with Gasteiger partial charge in [0, 0.05) is 10.1 Å². The third-order valence-electron chi connectivity index (χ3n) is 3.55. The maximum atomic E-state index is 9.46. The second-order valence-electron chi connectivity index (χ2n) is 5.26. The van der Waals surface area contributed by atoms with Gasteiger partial charge in [-0.1, -0.05) is 31.9 Å². The van der Waals surface area contributed by atoms with Gasteiger partial charge in [-0.15, -0.1) is 11.8 Å². The summed E-state index contributed by atoms with van der Waals surface area (Å²) in [6, 6.07) is 8.37. The van der Waals surface area contributed by atoms with Gasteiger partial charge in [0.05, 0.1) is 6.10 Å². The summed E-state index contributed by atoms with van der Waals surface area (Å²) in [6.07, 6.45) is 5.13. The fraction of sp³-hybridized carbons (Fsp3) is 0.600. The van der Waals surface area contributed by atoms with E-state index in [9.17, 15) is 5.11 Å². The highest BCUT2D eigenvalue weighted by molar-refractivity contribution is 8.00. The van der Waals surface area contributed by atoms with Crippen LogP contribution in [0.2, 0.25) is 0 Å². The van der Waals surface area contributed by atoms with E-state index in [1.165, 1.54) is 30.6 Å². The summed E-state index contributed by atoms with van der Waals surface area (Å²) in [7, 11) is 0. The van der Waals surface area contributed by atoms with Crippen molar-refractivity contribution < 1.29 is 5.11 Å². The molecule has 0 saturated heterocycles. The molecule has 1 aliphatic carbocycles. The molecular formula is C15H22OS. The van der Waals surface area contributed by atoms with Gasteiger partial charge >= 0.3 is 0 Å². The molecule has 0 heterocycles. The van der Waals surface area contributed by atoms with Crippen LogP contribution in [-0.4, -0.2) is 10.4 Å². The van der Waals surface area contributed by atoms with Gasteiger partial charge in [-0.2, -0.15) is 0 Å². The molecule has 1 saturated carbocycles. The normalized spacial score (nSPS) is 26.8.